The smallest absolute Gasteiger partial charge is 0.338 e. The average Bonchev–Trinajstić information content (AvgIpc) is 3.34. The van der Waals surface area contributed by atoms with Crippen molar-refractivity contribution in [3.05, 3.63) is 114 Å². The van der Waals surface area contributed by atoms with Crippen LogP contribution in [0.4, 0.5) is 0 Å². The van der Waals surface area contributed by atoms with Gasteiger partial charge in [0, 0.05) is 11.3 Å². The van der Waals surface area contributed by atoms with E-state index in [0.717, 1.165) is 28.2 Å². The molecule has 4 aromatic rings. The first-order valence-electron chi connectivity index (χ1n) is 11.8. The Morgan fingerprint density at radius 1 is 1.06 bits per heavy atom. The highest BCUT2D eigenvalue weighted by Gasteiger charge is 2.33. The molecule has 0 N–H and O–H groups in total. The zero-order valence-electron chi connectivity index (χ0n) is 20.6. The van der Waals surface area contributed by atoms with Crippen LogP contribution in [0.5, 0.6) is 0 Å². The van der Waals surface area contributed by atoms with Gasteiger partial charge in [-0.2, -0.15) is 5.10 Å². The number of rotatable bonds is 5. The van der Waals surface area contributed by atoms with Gasteiger partial charge in [-0.1, -0.05) is 59.9 Å². The summed E-state index contributed by atoms with van der Waals surface area (Å²) in [6.45, 7) is 7.72. The van der Waals surface area contributed by atoms with Gasteiger partial charge >= 0.3 is 5.97 Å². The third kappa shape index (κ3) is 4.03. The molecule has 0 saturated heterocycles. The molecule has 8 heteroatoms. The lowest BCUT2D eigenvalue weighted by Crippen LogP contribution is -2.39. The molecule has 5 rings (SSSR count). The number of fused-ring (bicyclic) bond motifs is 1. The Kier molecular flexibility index (Phi) is 6.28. The summed E-state index contributed by atoms with van der Waals surface area (Å²) in [5, 5.41) is 4.71. The number of nitrogens with zero attached hydrogens (tertiary/aromatic N) is 4. The Bertz CT molecular complexity index is 1660. The van der Waals surface area contributed by atoms with Gasteiger partial charge in [-0.05, 0) is 51.5 Å². The van der Waals surface area contributed by atoms with E-state index in [9.17, 15) is 9.59 Å². The second kappa shape index (κ2) is 9.54. The number of ether oxygens (including phenoxy) is 1. The zero-order valence-corrected chi connectivity index (χ0v) is 21.4. The third-order valence-corrected chi connectivity index (χ3v) is 7.24. The van der Waals surface area contributed by atoms with E-state index in [4.69, 9.17) is 9.84 Å². The Hall–Kier alpha value is -4.04. The maximum absolute atomic E-state index is 13.8. The summed E-state index contributed by atoms with van der Waals surface area (Å²) in [6.07, 6.45) is 1.88. The second-order valence-corrected chi connectivity index (χ2v) is 9.55. The number of carbonyl (C=O) groups is 1. The maximum atomic E-state index is 13.8. The maximum Gasteiger partial charge on any atom is 0.338 e. The van der Waals surface area contributed by atoms with E-state index < -0.39 is 12.0 Å². The first-order valence-corrected chi connectivity index (χ1v) is 12.6. The minimum absolute atomic E-state index is 0.201. The number of hydrogen-bond donors (Lipinski definition) is 0. The van der Waals surface area contributed by atoms with Crippen LogP contribution in [0.25, 0.3) is 11.8 Å². The van der Waals surface area contributed by atoms with Crippen LogP contribution in [0.3, 0.4) is 0 Å². The molecule has 1 aliphatic rings. The molecule has 0 spiro atoms. The van der Waals surface area contributed by atoms with Crippen LogP contribution in [0.1, 0.15) is 42.4 Å². The highest BCUT2D eigenvalue weighted by Crippen LogP contribution is 2.30. The molecule has 0 bridgehead atoms. The Labute approximate surface area is 212 Å². The van der Waals surface area contributed by atoms with Gasteiger partial charge in [-0.25, -0.2) is 14.5 Å². The van der Waals surface area contributed by atoms with E-state index in [0.29, 0.717) is 20.6 Å². The zero-order chi connectivity index (χ0) is 25.4. The molecule has 3 heterocycles. The monoisotopic (exact) mass is 498 g/mol. The van der Waals surface area contributed by atoms with Crippen LogP contribution in [0.2, 0.25) is 0 Å². The third-order valence-electron chi connectivity index (χ3n) is 6.26. The Balaban J connectivity index is 1.70. The highest BCUT2D eigenvalue weighted by molar-refractivity contribution is 7.07. The molecular weight excluding hydrogens is 472 g/mol. The van der Waals surface area contributed by atoms with Crippen molar-refractivity contribution in [2.24, 2.45) is 4.99 Å². The number of hydrogen-bond acceptors (Lipinski definition) is 6. The normalized spacial score (nSPS) is 15.6. The van der Waals surface area contributed by atoms with Gasteiger partial charge in [-0.3, -0.25) is 9.36 Å². The van der Waals surface area contributed by atoms with Crippen molar-refractivity contribution < 1.29 is 9.53 Å². The Morgan fingerprint density at radius 2 is 1.72 bits per heavy atom. The summed E-state index contributed by atoms with van der Waals surface area (Å²) in [6, 6.07) is 18.8. The summed E-state index contributed by atoms with van der Waals surface area (Å²) in [4.78, 5) is 32.0. The van der Waals surface area contributed by atoms with Crippen molar-refractivity contribution in [1.82, 2.24) is 14.3 Å². The van der Waals surface area contributed by atoms with Crippen LogP contribution in [0.15, 0.2) is 81.7 Å². The fourth-order valence-electron chi connectivity index (χ4n) is 4.56. The van der Waals surface area contributed by atoms with Crippen molar-refractivity contribution in [1.29, 1.82) is 0 Å². The first kappa shape index (κ1) is 23.7. The van der Waals surface area contributed by atoms with E-state index in [2.05, 4.69) is 4.99 Å². The topological polar surface area (TPSA) is 78.5 Å². The van der Waals surface area contributed by atoms with Crippen molar-refractivity contribution in [2.45, 2.75) is 33.7 Å². The molecule has 2 aromatic heterocycles. The van der Waals surface area contributed by atoms with Gasteiger partial charge in [0.05, 0.1) is 39.8 Å². The largest absolute Gasteiger partial charge is 0.463 e. The van der Waals surface area contributed by atoms with E-state index in [-0.39, 0.29) is 12.2 Å². The first-order chi connectivity index (χ1) is 17.4. The minimum atomic E-state index is -0.613. The van der Waals surface area contributed by atoms with Crippen LogP contribution in [-0.4, -0.2) is 26.9 Å². The minimum Gasteiger partial charge on any atom is -0.463 e. The molecule has 0 fully saturated rings. The van der Waals surface area contributed by atoms with Gasteiger partial charge < -0.3 is 4.74 Å². The summed E-state index contributed by atoms with van der Waals surface area (Å²) < 4.78 is 9.37. The summed E-state index contributed by atoms with van der Waals surface area (Å²) in [5.41, 5.74) is 5.17. The number of esters is 1. The van der Waals surface area contributed by atoms with Gasteiger partial charge in [0.1, 0.15) is 0 Å². The average molecular weight is 499 g/mol. The summed E-state index contributed by atoms with van der Waals surface area (Å²) >= 11 is 1.31. The van der Waals surface area contributed by atoms with Crippen molar-refractivity contribution in [2.75, 3.05) is 6.61 Å². The molecule has 2 aromatic carbocycles. The van der Waals surface area contributed by atoms with E-state index >= 15 is 0 Å². The molecule has 1 atom stereocenters. The number of para-hydroxylation sites is 1. The quantitative estimate of drug-likeness (QED) is 0.394. The van der Waals surface area contributed by atoms with Crippen molar-refractivity contribution in [3.63, 3.8) is 0 Å². The van der Waals surface area contributed by atoms with E-state index in [1.165, 1.54) is 11.3 Å². The second-order valence-electron chi connectivity index (χ2n) is 8.54. The molecule has 0 aliphatic carbocycles. The lowest BCUT2D eigenvalue weighted by atomic mass is 9.96. The van der Waals surface area contributed by atoms with Crippen LogP contribution < -0.4 is 14.9 Å². The fourth-order valence-corrected chi connectivity index (χ4v) is 5.59. The van der Waals surface area contributed by atoms with Gasteiger partial charge in [0.25, 0.3) is 5.56 Å². The van der Waals surface area contributed by atoms with Gasteiger partial charge in [-0.15, -0.1) is 0 Å². The van der Waals surface area contributed by atoms with Gasteiger partial charge in [0.2, 0.25) is 0 Å². The lowest BCUT2D eigenvalue weighted by Gasteiger charge is -2.24. The molecule has 7 nitrogen and oxygen atoms in total. The molecule has 0 saturated carbocycles. The fraction of sp³-hybridized carbons (Fsp3) is 0.214. The molecule has 1 aliphatic heterocycles. The molecule has 0 amide bonds. The molecule has 36 heavy (non-hydrogen) atoms. The lowest BCUT2D eigenvalue weighted by molar-refractivity contribution is -0.139. The molecular formula is C28H26N4O3S. The number of carbonyl (C=O) groups excluding carboxylic acids is 1. The van der Waals surface area contributed by atoms with Crippen LogP contribution in [-0.2, 0) is 9.53 Å². The van der Waals surface area contributed by atoms with Gasteiger partial charge in [0.15, 0.2) is 4.80 Å². The van der Waals surface area contributed by atoms with Crippen molar-refractivity contribution >= 4 is 23.4 Å². The standard InChI is InChI=1S/C28H26N4O3S/c1-5-35-27(34)24-18(3)29-28-31(25(24)20-12-8-6-9-13-20)26(33)23(36-28)16-22-17(2)30-32(19(22)4)21-14-10-7-11-15-21/h6-16,25H,5H2,1-4H3/b23-16-/t25-/m0/s1. The summed E-state index contributed by atoms with van der Waals surface area (Å²) in [7, 11) is 0. The van der Waals surface area contributed by atoms with Crippen molar-refractivity contribution in [3.8, 4) is 5.69 Å². The number of aryl methyl sites for hydroxylation is 1. The Morgan fingerprint density at radius 3 is 2.39 bits per heavy atom. The predicted molar refractivity (Wildman–Crippen MR) is 140 cm³/mol. The van der Waals surface area contributed by atoms with Crippen LogP contribution >= 0.6 is 11.3 Å². The predicted octanol–water partition coefficient (Wildman–Crippen LogP) is 3.60. The summed E-state index contributed by atoms with van der Waals surface area (Å²) in [5.74, 6) is -0.460. The van der Waals surface area contributed by atoms with Crippen LogP contribution in [0, 0.1) is 13.8 Å². The highest BCUT2D eigenvalue weighted by atomic mass is 32.1. The number of allylic oxidation sites excluding steroid dienone is 1. The number of thiazole rings is 1. The molecule has 182 valence electrons. The number of benzene rings is 2. The molecule has 0 unspecified atom stereocenters. The molecule has 0 radical (unpaired) electrons. The SMILES string of the molecule is CCOC(=O)C1=C(C)N=c2s/c(=C\c3c(C)nn(-c4ccccc4)c3C)c(=O)n2[C@H]1c1ccccc1. The number of aromatic nitrogens is 3. The van der Waals surface area contributed by atoms with E-state index in [1.54, 1.807) is 18.4 Å². The van der Waals surface area contributed by atoms with E-state index in [1.807, 2.05) is 85.3 Å².